The molecule has 0 atom stereocenters. The van der Waals surface area contributed by atoms with Crippen LogP contribution in [-0.4, -0.2) is 10.9 Å². The summed E-state index contributed by atoms with van der Waals surface area (Å²) in [5.41, 5.74) is 2.25. The molecule has 0 fully saturated rings. The first-order chi connectivity index (χ1) is 9.74. The zero-order valence-electron chi connectivity index (χ0n) is 10.5. The van der Waals surface area contributed by atoms with E-state index in [1.165, 1.54) is 0 Å². The Labute approximate surface area is 124 Å². The number of halogens is 1. The summed E-state index contributed by atoms with van der Waals surface area (Å²) in [7, 11) is 0. The van der Waals surface area contributed by atoms with Gasteiger partial charge in [-0.05, 0) is 52.3 Å². The minimum absolute atomic E-state index is 0.136. The van der Waals surface area contributed by atoms with Gasteiger partial charge in [-0.1, -0.05) is 18.2 Å². The van der Waals surface area contributed by atoms with Gasteiger partial charge in [-0.2, -0.15) is 0 Å². The molecule has 1 N–H and O–H groups in total. The molecule has 0 aliphatic heterocycles. The van der Waals surface area contributed by atoms with Gasteiger partial charge in [-0.3, -0.25) is 9.78 Å². The first-order valence-electron chi connectivity index (χ1n) is 6.15. The zero-order valence-corrected chi connectivity index (χ0v) is 12.1. The van der Waals surface area contributed by atoms with E-state index in [1.54, 1.807) is 12.3 Å². The van der Waals surface area contributed by atoms with E-state index in [0.717, 1.165) is 21.1 Å². The van der Waals surface area contributed by atoms with Gasteiger partial charge in [0.2, 0.25) is 0 Å². The number of nitrogens with one attached hydrogen (secondary N) is 1. The lowest BCUT2D eigenvalue weighted by atomic mass is 10.1. The molecule has 3 aromatic rings. The molecular weight excluding hydrogens is 316 g/mol. The van der Waals surface area contributed by atoms with Crippen LogP contribution in [0, 0.1) is 0 Å². The first kappa shape index (κ1) is 12.8. The highest BCUT2D eigenvalue weighted by Gasteiger charge is 2.08. The maximum absolute atomic E-state index is 12.3. The van der Waals surface area contributed by atoms with Gasteiger partial charge in [0.1, 0.15) is 0 Å². The third kappa shape index (κ3) is 2.56. The number of carbonyl (C=O) groups is 1. The average molecular weight is 327 g/mol. The Morgan fingerprint density at radius 3 is 2.75 bits per heavy atom. The highest BCUT2D eigenvalue weighted by molar-refractivity contribution is 9.10. The standard InChI is InChI=1S/C16H11BrN2O/c17-13-5-1-2-6-15(13)19-16(20)12-7-8-14-11(10-12)4-3-9-18-14/h1-10H,(H,19,20). The van der Waals surface area contributed by atoms with Crippen molar-refractivity contribution in [2.24, 2.45) is 0 Å². The van der Waals surface area contributed by atoms with Crippen LogP contribution in [0.15, 0.2) is 65.3 Å². The number of fused-ring (bicyclic) bond motifs is 1. The zero-order chi connectivity index (χ0) is 13.9. The number of benzene rings is 2. The van der Waals surface area contributed by atoms with Crippen molar-refractivity contribution in [2.75, 3.05) is 5.32 Å². The van der Waals surface area contributed by atoms with E-state index in [-0.39, 0.29) is 5.91 Å². The van der Waals surface area contributed by atoms with E-state index in [1.807, 2.05) is 48.5 Å². The Hall–Kier alpha value is -2.20. The van der Waals surface area contributed by atoms with E-state index >= 15 is 0 Å². The number of carbonyl (C=O) groups excluding carboxylic acids is 1. The Morgan fingerprint density at radius 1 is 1.05 bits per heavy atom. The van der Waals surface area contributed by atoms with Crippen LogP contribution >= 0.6 is 15.9 Å². The maximum atomic E-state index is 12.3. The minimum atomic E-state index is -0.136. The summed E-state index contributed by atoms with van der Waals surface area (Å²) >= 11 is 3.41. The number of aromatic nitrogens is 1. The first-order valence-corrected chi connectivity index (χ1v) is 6.94. The molecule has 0 bridgehead atoms. The third-order valence-corrected chi connectivity index (χ3v) is 3.68. The van der Waals surface area contributed by atoms with Crippen LogP contribution in [0.4, 0.5) is 5.69 Å². The van der Waals surface area contributed by atoms with E-state index in [2.05, 4.69) is 26.2 Å². The molecule has 0 aliphatic rings. The molecule has 4 heteroatoms. The SMILES string of the molecule is O=C(Nc1ccccc1Br)c1ccc2ncccc2c1. The number of anilines is 1. The van der Waals surface area contributed by atoms with Crippen molar-refractivity contribution in [3.8, 4) is 0 Å². The van der Waals surface area contributed by atoms with E-state index < -0.39 is 0 Å². The van der Waals surface area contributed by atoms with Gasteiger partial charge in [0.25, 0.3) is 5.91 Å². The van der Waals surface area contributed by atoms with Gasteiger partial charge in [0.05, 0.1) is 11.2 Å². The highest BCUT2D eigenvalue weighted by Crippen LogP contribution is 2.22. The van der Waals surface area contributed by atoms with Crippen LogP contribution in [0.25, 0.3) is 10.9 Å². The molecule has 1 heterocycles. The third-order valence-electron chi connectivity index (χ3n) is 2.99. The molecule has 0 unspecified atom stereocenters. The highest BCUT2D eigenvalue weighted by atomic mass is 79.9. The monoisotopic (exact) mass is 326 g/mol. The second-order valence-electron chi connectivity index (χ2n) is 4.34. The fraction of sp³-hybridized carbons (Fsp3) is 0. The lowest BCUT2D eigenvalue weighted by Gasteiger charge is -2.07. The van der Waals surface area contributed by atoms with Crippen molar-refractivity contribution in [1.29, 1.82) is 0 Å². The average Bonchev–Trinajstić information content (AvgIpc) is 2.49. The lowest BCUT2D eigenvalue weighted by Crippen LogP contribution is -2.12. The molecule has 1 amide bonds. The fourth-order valence-corrected chi connectivity index (χ4v) is 2.36. The van der Waals surface area contributed by atoms with Gasteiger partial charge in [-0.25, -0.2) is 0 Å². The number of para-hydroxylation sites is 1. The Bertz CT molecular complexity index is 786. The summed E-state index contributed by atoms with van der Waals surface area (Å²) < 4.78 is 0.857. The second-order valence-corrected chi connectivity index (χ2v) is 5.20. The van der Waals surface area contributed by atoms with Crippen LogP contribution in [0.1, 0.15) is 10.4 Å². The number of hydrogen-bond acceptors (Lipinski definition) is 2. The van der Waals surface area contributed by atoms with Crippen molar-refractivity contribution in [1.82, 2.24) is 4.98 Å². The van der Waals surface area contributed by atoms with Crippen molar-refractivity contribution >= 4 is 38.4 Å². The molecule has 2 aromatic carbocycles. The van der Waals surface area contributed by atoms with Gasteiger partial charge >= 0.3 is 0 Å². The van der Waals surface area contributed by atoms with Crippen LogP contribution in [0.2, 0.25) is 0 Å². The van der Waals surface area contributed by atoms with Crippen molar-refractivity contribution in [3.05, 3.63) is 70.8 Å². The molecule has 0 aliphatic carbocycles. The van der Waals surface area contributed by atoms with Crippen LogP contribution in [-0.2, 0) is 0 Å². The molecule has 0 radical (unpaired) electrons. The normalized spacial score (nSPS) is 10.4. The van der Waals surface area contributed by atoms with Crippen molar-refractivity contribution < 1.29 is 4.79 Å². The number of nitrogens with zero attached hydrogens (tertiary/aromatic N) is 1. The summed E-state index contributed by atoms with van der Waals surface area (Å²) in [4.78, 5) is 16.5. The number of amides is 1. The summed E-state index contributed by atoms with van der Waals surface area (Å²) in [5, 5.41) is 3.84. The van der Waals surface area contributed by atoms with Gasteiger partial charge in [0, 0.05) is 21.6 Å². The maximum Gasteiger partial charge on any atom is 0.255 e. The van der Waals surface area contributed by atoms with Crippen molar-refractivity contribution in [3.63, 3.8) is 0 Å². The topological polar surface area (TPSA) is 42.0 Å². The largest absolute Gasteiger partial charge is 0.321 e. The number of rotatable bonds is 2. The van der Waals surface area contributed by atoms with Gasteiger partial charge in [-0.15, -0.1) is 0 Å². The Balaban J connectivity index is 1.91. The minimum Gasteiger partial charge on any atom is -0.321 e. The molecule has 98 valence electrons. The summed E-state index contributed by atoms with van der Waals surface area (Å²) in [6.45, 7) is 0. The molecule has 20 heavy (non-hydrogen) atoms. The lowest BCUT2D eigenvalue weighted by molar-refractivity contribution is 0.102. The number of pyridine rings is 1. The van der Waals surface area contributed by atoms with Gasteiger partial charge in [0.15, 0.2) is 0 Å². The molecule has 3 nitrogen and oxygen atoms in total. The quantitative estimate of drug-likeness (QED) is 0.764. The van der Waals surface area contributed by atoms with E-state index in [9.17, 15) is 4.79 Å². The van der Waals surface area contributed by atoms with Crippen molar-refractivity contribution in [2.45, 2.75) is 0 Å². The molecular formula is C16H11BrN2O. The molecule has 3 rings (SSSR count). The molecule has 0 spiro atoms. The Morgan fingerprint density at radius 2 is 1.90 bits per heavy atom. The van der Waals surface area contributed by atoms with Crippen LogP contribution in [0.3, 0.4) is 0 Å². The molecule has 0 saturated heterocycles. The summed E-state index contributed by atoms with van der Waals surface area (Å²) in [6, 6.07) is 16.8. The predicted molar refractivity (Wildman–Crippen MR) is 83.8 cm³/mol. The van der Waals surface area contributed by atoms with Gasteiger partial charge < -0.3 is 5.32 Å². The van der Waals surface area contributed by atoms with E-state index in [0.29, 0.717) is 5.56 Å². The second kappa shape index (κ2) is 5.43. The predicted octanol–water partition coefficient (Wildman–Crippen LogP) is 4.25. The van der Waals surface area contributed by atoms with E-state index in [4.69, 9.17) is 0 Å². The fourth-order valence-electron chi connectivity index (χ4n) is 1.97. The smallest absolute Gasteiger partial charge is 0.255 e. The van der Waals surface area contributed by atoms with Crippen LogP contribution < -0.4 is 5.32 Å². The summed E-state index contributed by atoms with van der Waals surface area (Å²) in [5.74, 6) is -0.136. The number of hydrogen-bond donors (Lipinski definition) is 1. The molecule has 1 aromatic heterocycles. The Kier molecular flexibility index (Phi) is 3.48. The molecule has 0 saturated carbocycles. The summed E-state index contributed by atoms with van der Waals surface area (Å²) in [6.07, 6.45) is 1.74. The van der Waals surface area contributed by atoms with Crippen LogP contribution in [0.5, 0.6) is 0 Å².